The second-order valence-corrected chi connectivity index (χ2v) is 4.99. The lowest BCUT2D eigenvalue weighted by Crippen LogP contribution is -2.34. The molecule has 104 valence electrons. The van der Waals surface area contributed by atoms with Crippen LogP contribution in [0.15, 0.2) is 51.6 Å². The summed E-state index contributed by atoms with van der Waals surface area (Å²) in [6.07, 6.45) is 0.444. The Hall–Kier alpha value is -1.92. The maximum atomic E-state index is 11.8. The molecule has 2 rings (SSSR count). The van der Waals surface area contributed by atoms with Gasteiger partial charge < -0.3 is 14.8 Å². The number of ketones is 1. The van der Waals surface area contributed by atoms with Crippen molar-refractivity contribution in [3.63, 3.8) is 0 Å². The van der Waals surface area contributed by atoms with Crippen LogP contribution in [-0.2, 0) is 4.79 Å². The number of rotatable bonds is 5. The van der Waals surface area contributed by atoms with Gasteiger partial charge in [0, 0.05) is 10.0 Å². The largest absolute Gasteiger partial charge is 0.467 e. The lowest BCUT2D eigenvalue weighted by atomic mass is 10.1. The second kappa shape index (κ2) is 6.49. The van der Waals surface area contributed by atoms with E-state index in [1.54, 1.807) is 36.4 Å². The van der Waals surface area contributed by atoms with Crippen LogP contribution in [0.25, 0.3) is 0 Å². The van der Waals surface area contributed by atoms with Crippen molar-refractivity contribution in [2.45, 2.75) is 6.10 Å². The SMILES string of the molecule is O=C(NCC(O)c1ccco1)C(=O)c1ccc(Br)cc1. The number of nitrogens with one attached hydrogen (secondary N) is 1. The van der Waals surface area contributed by atoms with E-state index < -0.39 is 17.8 Å². The molecule has 0 radical (unpaired) electrons. The first-order valence-corrected chi connectivity index (χ1v) is 6.67. The van der Waals surface area contributed by atoms with E-state index in [1.165, 1.54) is 6.26 Å². The lowest BCUT2D eigenvalue weighted by molar-refractivity contribution is -0.117. The van der Waals surface area contributed by atoms with E-state index in [4.69, 9.17) is 4.42 Å². The van der Waals surface area contributed by atoms with Crippen molar-refractivity contribution in [1.82, 2.24) is 5.32 Å². The molecular formula is C14H12BrNO4. The summed E-state index contributed by atoms with van der Waals surface area (Å²) in [4.78, 5) is 23.5. The average molecular weight is 338 g/mol. The van der Waals surface area contributed by atoms with Gasteiger partial charge in [0.2, 0.25) is 5.78 Å². The molecule has 2 N–H and O–H groups in total. The van der Waals surface area contributed by atoms with Crippen LogP contribution in [-0.4, -0.2) is 23.3 Å². The Morgan fingerprint density at radius 1 is 1.25 bits per heavy atom. The Labute approximate surface area is 123 Å². The maximum Gasteiger partial charge on any atom is 0.292 e. The van der Waals surface area contributed by atoms with Crippen LogP contribution in [0.1, 0.15) is 22.2 Å². The minimum Gasteiger partial charge on any atom is -0.467 e. The molecule has 1 heterocycles. The number of amides is 1. The van der Waals surface area contributed by atoms with E-state index >= 15 is 0 Å². The van der Waals surface area contributed by atoms with E-state index in [0.29, 0.717) is 5.76 Å². The van der Waals surface area contributed by atoms with Gasteiger partial charge in [-0.3, -0.25) is 9.59 Å². The fourth-order valence-electron chi connectivity index (χ4n) is 1.58. The third kappa shape index (κ3) is 3.55. The Kier molecular flexibility index (Phi) is 4.70. The molecule has 1 aromatic carbocycles. The van der Waals surface area contributed by atoms with Crippen molar-refractivity contribution >= 4 is 27.6 Å². The topological polar surface area (TPSA) is 79.5 Å². The van der Waals surface area contributed by atoms with Gasteiger partial charge in [0.25, 0.3) is 5.91 Å². The summed E-state index contributed by atoms with van der Waals surface area (Å²) >= 11 is 3.25. The summed E-state index contributed by atoms with van der Waals surface area (Å²) in [7, 11) is 0. The Morgan fingerprint density at radius 2 is 1.95 bits per heavy atom. The molecule has 6 heteroatoms. The molecule has 0 aliphatic carbocycles. The van der Waals surface area contributed by atoms with E-state index in [0.717, 1.165) is 4.47 Å². The number of benzene rings is 1. The minimum absolute atomic E-state index is 0.0887. The van der Waals surface area contributed by atoms with Crippen LogP contribution in [0, 0.1) is 0 Å². The molecule has 1 unspecified atom stereocenters. The average Bonchev–Trinajstić information content (AvgIpc) is 2.98. The van der Waals surface area contributed by atoms with Crippen molar-refractivity contribution < 1.29 is 19.1 Å². The number of carbonyl (C=O) groups is 2. The number of carbonyl (C=O) groups excluding carboxylic acids is 2. The van der Waals surface area contributed by atoms with Crippen molar-refractivity contribution in [3.8, 4) is 0 Å². The predicted octanol–water partition coefficient (Wildman–Crippen LogP) is 2.07. The fraction of sp³-hybridized carbons (Fsp3) is 0.143. The molecule has 0 spiro atoms. The summed E-state index contributed by atoms with van der Waals surface area (Å²) < 4.78 is 5.82. The fourth-order valence-corrected chi connectivity index (χ4v) is 1.85. The van der Waals surface area contributed by atoms with E-state index in [9.17, 15) is 14.7 Å². The molecule has 2 aromatic rings. The van der Waals surface area contributed by atoms with Crippen LogP contribution >= 0.6 is 15.9 Å². The number of hydrogen-bond acceptors (Lipinski definition) is 4. The molecule has 0 aliphatic rings. The molecule has 0 fully saturated rings. The Balaban J connectivity index is 1.91. The summed E-state index contributed by atoms with van der Waals surface area (Å²) in [5.74, 6) is -1.08. The van der Waals surface area contributed by atoms with E-state index in [-0.39, 0.29) is 12.1 Å². The quantitative estimate of drug-likeness (QED) is 0.646. The first-order chi connectivity index (χ1) is 9.58. The van der Waals surface area contributed by atoms with Crippen LogP contribution in [0.5, 0.6) is 0 Å². The number of Topliss-reactive ketones (excluding diaryl/α,β-unsaturated/α-hetero) is 1. The molecule has 20 heavy (non-hydrogen) atoms. The van der Waals surface area contributed by atoms with Gasteiger partial charge in [-0.25, -0.2) is 0 Å². The van der Waals surface area contributed by atoms with Gasteiger partial charge in [0.15, 0.2) is 0 Å². The van der Waals surface area contributed by atoms with Gasteiger partial charge in [-0.1, -0.05) is 15.9 Å². The molecule has 0 saturated heterocycles. The number of aliphatic hydroxyl groups excluding tert-OH is 1. The third-order valence-corrected chi connectivity index (χ3v) is 3.17. The summed E-state index contributed by atoms with van der Waals surface area (Å²) in [5.41, 5.74) is 0.290. The highest BCUT2D eigenvalue weighted by atomic mass is 79.9. The molecule has 1 aromatic heterocycles. The maximum absolute atomic E-state index is 11.8. The standard InChI is InChI=1S/C14H12BrNO4/c15-10-5-3-9(4-6-10)13(18)14(19)16-8-11(17)12-2-1-7-20-12/h1-7,11,17H,8H2,(H,16,19). The van der Waals surface area contributed by atoms with Crippen LogP contribution in [0.2, 0.25) is 0 Å². The van der Waals surface area contributed by atoms with E-state index in [2.05, 4.69) is 21.2 Å². The zero-order valence-corrected chi connectivity index (χ0v) is 12.0. The lowest BCUT2D eigenvalue weighted by Gasteiger charge is -2.09. The van der Waals surface area contributed by atoms with Crippen molar-refractivity contribution in [3.05, 3.63) is 58.5 Å². The van der Waals surface area contributed by atoms with Gasteiger partial charge in [0.05, 0.1) is 12.8 Å². The molecule has 0 bridgehead atoms. The number of hydrogen-bond donors (Lipinski definition) is 2. The zero-order valence-electron chi connectivity index (χ0n) is 10.4. The second-order valence-electron chi connectivity index (χ2n) is 4.08. The molecule has 1 amide bonds. The molecular weight excluding hydrogens is 326 g/mol. The predicted molar refractivity (Wildman–Crippen MR) is 75.2 cm³/mol. The molecule has 0 saturated carbocycles. The molecule has 5 nitrogen and oxygen atoms in total. The first-order valence-electron chi connectivity index (χ1n) is 5.87. The van der Waals surface area contributed by atoms with Gasteiger partial charge in [0.1, 0.15) is 11.9 Å². The number of halogens is 1. The van der Waals surface area contributed by atoms with Gasteiger partial charge >= 0.3 is 0 Å². The normalized spacial score (nSPS) is 11.9. The van der Waals surface area contributed by atoms with Crippen molar-refractivity contribution in [1.29, 1.82) is 0 Å². The number of aliphatic hydroxyl groups is 1. The van der Waals surface area contributed by atoms with E-state index in [1.807, 2.05) is 0 Å². The van der Waals surface area contributed by atoms with Crippen LogP contribution < -0.4 is 5.32 Å². The minimum atomic E-state index is -0.980. The monoisotopic (exact) mass is 337 g/mol. The van der Waals surface area contributed by atoms with Crippen LogP contribution in [0.4, 0.5) is 0 Å². The van der Waals surface area contributed by atoms with Crippen molar-refractivity contribution in [2.24, 2.45) is 0 Å². The molecule has 0 aliphatic heterocycles. The summed E-state index contributed by atoms with van der Waals surface area (Å²) in [6.45, 7) is -0.0887. The molecule has 1 atom stereocenters. The highest BCUT2D eigenvalue weighted by molar-refractivity contribution is 9.10. The van der Waals surface area contributed by atoms with Crippen molar-refractivity contribution in [2.75, 3.05) is 6.54 Å². The summed E-state index contributed by atoms with van der Waals surface area (Å²) in [5, 5.41) is 12.1. The third-order valence-electron chi connectivity index (χ3n) is 2.64. The first kappa shape index (κ1) is 14.5. The van der Waals surface area contributed by atoms with Gasteiger partial charge in [-0.15, -0.1) is 0 Å². The van der Waals surface area contributed by atoms with Gasteiger partial charge in [-0.05, 0) is 36.4 Å². The number of furan rings is 1. The Morgan fingerprint density at radius 3 is 2.55 bits per heavy atom. The van der Waals surface area contributed by atoms with Crippen LogP contribution in [0.3, 0.4) is 0 Å². The Bertz CT molecular complexity index is 592. The highest BCUT2D eigenvalue weighted by Gasteiger charge is 2.18. The smallest absolute Gasteiger partial charge is 0.292 e. The van der Waals surface area contributed by atoms with Gasteiger partial charge in [-0.2, -0.15) is 0 Å². The zero-order chi connectivity index (χ0) is 14.5. The highest BCUT2D eigenvalue weighted by Crippen LogP contribution is 2.13. The summed E-state index contributed by atoms with van der Waals surface area (Å²) in [6, 6.07) is 9.68.